The van der Waals surface area contributed by atoms with Crippen LogP contribution in [0.25, 0.3) is 0 Å². The molecule has 0 atom stereocenters. The minimum absolute atomic E-state index is 0.0373. The number of nitro benzene ring substituents is 1. The van der Waals surface area contributed by atoms with Crippen LogP contribution >= 0.6 is 0 Å². The number of carbonyl (C=O) groups excluding carboxylic acids is 1. The fourth-order valence-electron chi connectivity index (χ4n) is 1.35. The molecule has 0 spiro atoms. The van der Waals surface area contributed by atoms with Gasteiger partial charge >= 0.3 is 0 Å². The van der Waals surface area contributed by atoms with E-state index in [2.05, 4.69) is 0 Å². The highest BCUT2D eigenvalue weighted by Gasteiger charge is 2.20. The maximum atomic E-state index is 10.8. The average Bonchev–Trinajstić information content (AvgIpc) is 2.16. The van der Waals surface area contributed by atoms with Gasteiger partial charge < -0.3 is 0 Å². The minimum atomic E-state index is -0.501. The monoisotopic (exact) mass is 193 g/mol. The van der Waals surface area contributed by atoms with Crippen molar-refractivity contribution in [3.05, 3.63) is 39.4 Å². The molecule has 0 bridgehead atoms. The third-order valence-electron chi connectivity index (χ3n) is 2.03. The van der Waals surface area contributed by atoms with E-state index in [1.807, 2.05) is 13.8 Å². The van der Waals surface area contributed by atoms with Crippen molar-refractivity contribution in [1.82, 2.24) is 0 Å². The van der Waals surface area contributed by atoms with Crippen LogP contribution in [0.1, 0.15) is 35.7 Å². The predicted molar refractivity (Wildman–Crippen MR) is 52.6 cm³/mol. The average molecular weight is 193 g/mol. The molecule has 4 nitrogen and oxygen atoms in total. The van der Waals surface area contributed by atoms with Crippen LogP contribution in [0.4, 0.5) is 5.69 Å². The van der Waals surface area contributed by atoms with Gasteiger partial charge in [-0.05, 0) is 12.0 Å². The molecule has 1 aromatic carbocycles. The van der Waals surface area contributed by atoms with Crippen LogP contribution in [0.15, 0.2) is 18.2 Å². The van der Waals surface area contributed by atoms with Crippen LogP contribution in [-0.4, -0.2) is 11.2 Å². The molecule has 0 aliphatic heterocycles. The number of benzene rings is 1. The lowest BCUT2D eigenvalue weighted by molar-refractivity contribution is -0.385. The van der Waals surface area contributed by atoms with E-state index in [0.717, 1.165) is 0 Å². The second-order valence-electron chi connectivity index (χ2n) is 3.31. The summed E-state index contributed by atoms with van der Waals surface area (Å²) in [5.41, 5.74) is 0.665. The number of hydrogen-bond acceptors (Lipinski definition) is 3. The van der Waals surface area contributed by atoms with Gasteiger partial charge in [-0.2, -0.15) is 0 Å². The highest BCUT2D eigenvalue weighted by atomic mass is 16.6. The van der Waals surface area contributed by atoms with Gasteiger partial charge in [-0.25, -0.2) is 0 Å². The lowest BCUT2D eigenvalue weighted by Gasteiger charge is -2.06. The molecule has 0 heterocycles. The Kier molecular flexibility index (Phi) is 2.96. The largest absolute Gasteiger partial charge is 0.298 e. The Hall–Kier alpha value is -1.71. The molecule has 0 fully saturated rings. The molecule has 0 amide bonds. The number of aldehydes is 1. The first kappa shape index (κ1) is 10.4. The molecule has 0 N–H and O–H groups in total. The quantitative estimate of drug-likeness (QED) is 0.421. The molecule has 1 aromatic rings. The minimum Gasteiger partial charge on any atom is -0.298 e. The Morgan fingerprint density at radius 2 is 2.07 bits per heavy atom. The van der Waals surface area contributed by atoms with Crippen molar-refractivity contribution in [3.8, 4) is 0 Å². The van der Waals surface area contributed by atoms with Gasteiger partial charge in [0.2, 0.25) is 0 Å². The molecular formula is C10H11NO3. The molecule has 74 valence electrons. The molecule has 1 rings (SSSR count). The Bertz CT molecular complexity index is 372. The smallest absolute Gasteiger partial charge is 0.283 e. The lowest BCUT2D eigenvalue weighted by atomic mass is 9.98. The Morgan fingerprint density at radius 3 is 2.50 bits per heavy atom. The summed E-state index contributed by atoms with van der Waals surface area (Å²) in [6.07, 6.45) is 0.518. The summed E-state index contributed by atoms with van der Waals surface area (Å²) in [6.45, 7) is 3.72. The van der Waals surface area contributed by atoms with Crippen molar-refractivity contribution < 1.29 is 9.72 Å². The van der Waals surface area contributed by atoms with Crippen molar-refractivity contribution in [2.75, 3.05) is 0 Å². The number of rotatable bonds is 3. The molecule has 0 aromatic heterocycles. The van der Waals surface area contributed by atoms with Gasteiger partial charge in [-0.15, -0.1) is 0 Å². The molecule has 4 heteroatoms. The fraction of sp³-hybridized carbons (Fsp3) is 0.300. The summed E-state index contributed by atoms with van der Waals surface area (Å²) in [5.74, 6) is 0.0373. The van der Waals surface area contributed by atoms with Crippen LogP contribution in [0.2, 0.25) is 0 Å². The summed E-state index contributed by atoms with van der Waals surface area (Å²) in [6, 6.07) is 4.79. The molecule has 0 aliphatic rings. The predicted octanol–water partition coefficient (Wildman–Crippen LogP) is 2.53. The Labute approximate surface area is 81.7 Å². The van der Waals surface area contributed by atoms with Crippen molar-refractivity contribution in [3.63, 3.8) is 0 Å². The number of nitro groups is 1. The first-order valence-electron chi connectivity index (χ1n) is 4.30. The van der Waals surface area contributed by atoms with E-state index >= 15 is 0 Å². The van der Waals surface area contributed by atoms with Crippen LogP contribution in [0.3, 0.4) is 0 Å². The number of nitrogens with zero attached hydrogens (tertiary/aromatic N) is 1. The zero-order chi connectivity index (χ0) is 10.7. The highest BCUT2D eigenvalue weighted by Crippen LogP contribution is 2.28. The van der Waals surface area contributed by atoms with Crippen LogP contribution < -0.4 is 0 Å². The summed E-state index contributed by atoms with van der Waals surface area (Å²) >= 11 is 0. The number of para-hydroxylation sites is 1. The molecule has 0 saturated heterocycles. The van der Waals surface area contributed by atoms with Crippen LogP contribution in [0.5, 0.6) is 0 Å². The van der Waals surface area contributed by atoms with Crippen molar-refractivity contribution in [2.24, 2.45) is 0 Å². The summed E-state index contributed by atoms with van der Waals surface area (Å²) < 4.78 is 0. The van der Waals surface area contributed by atoms with E-state index in [9.17, 15) is 14.9 Å². The van der Waals surface area contributed by atoms with E-state index in [0.29, 0.717) is 11.8 Å². The van der Waals surface area contributed by atoms with Crippen LogP contribution in [-0.2, 0) is 0 Å². The zero-order valence-corrected chi connectivity index (χ0v) is 8.06. The van der Waals surface area contributed by atoms with Crippen molar-refractivity contribution in [1.29, 1.82) is 0 Å². The summed E-state index contributed by atoms with van der Waals surface area (Å²) in [4.78, 5) is 20.9. The van der Waals surface area contributed by atoms with E-state index in [4.69, 9.17) is 0 Å². The van der Waals surface area contributed by atoms with Crippen molar-refractivity contribution in [2.45, 2.75) is 19.8 Å². The number of hydrogen-bond donors (Lipinski definition) is 0. The van der Waals surface area contributed by atoms with Gasteiger partial charge in [0.1, 0.15) is 0 Å². The third-order valence-corrected chi connectivity index (χ3v) is 2.03. The van der Waals surface area contributed by atoms with E-state index < -0.39 is 4.92 Å². The fourth-order valence-corrected chi connectivity index (χ4v) is 1.35. The van der Waals surface area contributed by atoms with Gasteiger partial charge in [-0.3, -0.25) is 14.9 Å². The lowest BCUT2D eigenvalue weighted by Crippen LogP contribution is -2.01. The van der Waals surface area contributed by atoms with Gasteiger partial charge in [0, 0.05) is 5.56 Å². The number of carbonyl (C=O) groups is 1. The first-order valence-corrected chi connectivity index (χ1v) is 4.30. The molecular weight excluding hydrogens is 182 g/mol. The second-order valence-corrected chi connectivity index (χ2v) is 3.31. The van der Waals surface area contributed by atoms with E-state index in [-0.39, 0.29) is 17.2 Å². The van der Waals surface area contributed by atoms with Gasteiger partial charge in [-0.1, -0.05) is 26.0 Å². The van der Waals surface area contributed by atoms with Gasteiger partial charge in [0.05, 0.1) is 10.5 Å². The zero-order valence-electron chi connectivity index (χ0n) is 8.06. The molecule has 0 radical (unpaired) electrons. The molecule has 14 heavy (non-hydrogen) atoms. The normalized spacial score (nSPS) is 10.2. The maximum Gasteiger partial charge on any atom is 0.283 e. The molecule has 0 saturated carbocycles. The highest BCUT2D eigenvalue weighted by molar-refractivity contribution is 5.82. The first-order chi connectivity index (χ1) is 6.57. The van der Waals surface area contributed by atoms with Crippen LogP contribution in [0, 0.1) is 10.1 Å². The van der Waals surface area contributed by atoms with Gasteiger partial charge in [0.25, 0.3) is 5.69 Å². The standard InChI is InChI=1S/C10H11NO3/c1-7(2)9-5-3-4-8(6-12)10(9)11(13)14/h3-7H,1-2H3. The Balaban J connectivity index is 3.43. The summed E-state index contributed by atoms with van der Waals surface area (Å²) in [5, 5.41) is 10.8. The van der Waals surface area contributed by atoms with Gasteiger partial charge in [0.15, 0.2) is 6.29 Å². The molecule has 0 unspecified atom stereocenters. The second kappa shape index (κ2) is 4.00. The molecule has 0 aliphatic carbocycles. The Morgan fingerprint density at radius 1 is 1.43 bits per heavy atom. The van der Waals surface area contributed by atoms with Crippen molar-refractivity contribution >= 4 is 12.0 Å². The topological polar surface area (TPSA) is 60.2 Å². The van der Waals surface area contributed by atoms with E-state index in [1.165, 1.54) is 6.07 Å². The third kappa shape index (κ3) is 1.79. The van der Waals surface area contributed by atoms with E-state index in [1.54, 1.807) is 12.1 Å². The maximum absolute atomic E-state index is 10.8. The summed E-state index contributed by atoms with van der Waals surface area (Å²) in [7, 11) is 0. The SMILES string of the molecule is CC(C)c1cccc(C=O)c1[N+](=O)[O-].